The summed E-state index contributed by atoms with van der Waals surface area (Å²) in [6.07, 6.45) is 2.01. The molecule has 2 aliphatic heterocycles. The lowest BCUT2D eigenvalue weighted by Crippen LogP contribution is -2.52. The first-order chi connectivity index (χ1) is 9.25. The van der Waals surface area contributed by atoms with Crippen molar-refractivity contribution in [3.8, 4) is 0 Å². The first-order valence-electron chi connectivity index (χ1n) is 6.63. The lowest BCUT2D eigenvalue weighted by molar-refractivity contribution is -0.132. The molecule has 0 aromatic carbocycles. The summed E-state index contributed by atoms with van der Waals surface area (Å²) in [5.41, 5.74) is 0. The Labute approximate surface area is 125 Å². The molecule has 1 unspecified atom stereocenters. The quantitative estimate of drug-likeness (QED) is 0.878. The van der Waals surface area contributed by atoms with Crippen LogP contribution in [0.3, 0.4) is 0 Å². The number of hydrogen-bond donors (Lipinski definition) is 1. The van der Waals surface area contributed by atoms with Gasteiger partial charge < -0.3 is 15.1 Å². The Balaban J connectivity index is 1.73. The SMILES string of the molecule is O=C(C1CCCN1c1nc(Br)cs1)N1CCNCC1. The number of rotatable bonds is 2. The molecule has 1 aromatic rings. The fourth-order valence-electron chi connectivity index (χ4n) is 2.73. The topological polar surface area (TPSA) is 48.5 Å². The number of aromatic nitrogens is 1. The molecule has 1 N–H and O–H groups in total. The number of amides is 1. The largest absolute Gasteiger partial charge is 0.338 e. The van der Waals surface area contributed by atoms with E-state index in [0.29, 0.717) is 0 Å². The molecule has 5 nitrogen and oxygen atoms in total. The zero-order valence-corrected chi connectivity index (χ0v) is 13.0. The minimum atomic E-state index is -0.0175. The van der Waals surface area contributed by atoms with Gasteiger partial charge in [0.2, 0.25) is 5.91 Å². The number of nitrogens with zero attached hydrogens (tertiary/aromatic N) is 3. The summed E-state index contributed by atoms with van der Waals surface area (Å²) in [6, 6.07) is -0.0175. The molecule has 0 saturated carbocycles. The van der Waals surface area contributed by atoms with Gasteiger partial charge in [0, 0.05) is 38.1 Å². The molecule has 3 heterocycles. The van der Waals surface area contributed by atoms with Crippen LogP contribution >= 0.6 is 27.3 Å². The van der Waals surface area contributed by atoms with Gasteiger partial charge in [-0.25, -0.2) is 4.98 Å². The smallest absolute Gasteiger partial charge is 0.245 e. The van der Waals surface area contributed by atoms with E-state index < -0.39 is 0 Å². The highest BCUT2D eigenvalue weighted by Crippen LogP contribution is 2.30. The van der Waals surface area contributed by atoms with Crippen molar-refractivity contribution in [2.24, 2.45) is 0 Å². The number of carbonyl (C=O) groups is 1. The molecule has 0 aliphatic carbocycles. The minimum absolute atomic E-state index is 0.0175. The van der Waals surface area contributed by atoms with Crippen LogP contribution in [0.25, 0.3) is 0 Å². The van der Waals surface area contributed by atoms with E-state index in [1.807, 2.05) is 10.3 Å². The van der Waals surface area contributed by atoms with E-state index in [-0.39, 0.29) is 11.9 Å². The number of halogens is 1. The van der Waals surface area contributed by atoms with Crippen LogP contribution in [0.4, 0.5) is 5.13 Å². The number of thiazole rings is 1. The summed E-state index contributed by atoms with van der Waals surface area (Å²) in [7, 11) is 0. The van der Waals surface area contributed by atoms with Crippen LogP contribution in [0.15, 0.2) is 9.98 Å². The van der Waals surface area contributed by atoms with E-state index in [0.717, 1.165) is 55.3 Å². The van der Waals surface area contributed by atoms with Crippen LogP contribution in [-0.2, 0) is 4.79 Å². The molecule has 1 aromatic heterocycles. The average Bonchev–Trinajstić information content (AvgIpc) is 3.07. The fraction of sp³-hybridized carbons (Fsp3) is 0.667. The maximum absolute atomic E-state index is 12.6. The molecular weight excluding hydrogens is 328 g/mol. The van der Waals surface area contributed by atoms with Crippen molar-refractivity contribution in [3.05, 3.63) is 9.98 Å². The minimum Gasteiger partial charge on any atom is -0.338 e. The molecule has 0 radical (unpaired) electrons. The second-order valence-corrected chi connectivity index (χ2v) is 6.53. The van der Waals surface area contributed by atoms with E-state index in [1.54, 1.807) is 11.3 Å². The van der Waals surface area contributed by atoms with Crippen LogP contribution in [0.5, 0.6) is 0 Å². The number of hydrogen-bond acceptors (Lipinski definition) is 5. The molecule has 2 aliphatic rings. The van der Waals surface area contributed by atoms with Crippen molar-refractivity contribution >= 4 is 38.3 Å². The van der Waals surface area contributed by atoms with E-state index in [2.05, 4.69) is 31.1 Å². The highest BCUT2D eigenvalue weighted by molar-refractivity contribution is 9.10. The van der Waals surface area contributed by atoms with Crippen molar-refractivity contribution in [2.75, 3.05) is 37.6 Å². The normalized spacial score (nSPS) is 23.9. The standard InChI is InChI=1S/C12H17BrN4OS/c13-10-8-19-12(15-10)17-5-1-2-9(17)11(18)16-6-3-14-4-7-16/h8-9,14H,1-7H2. The molecule has 19 heavy (non-hydrogen) atoms. The van der Waals surface area contributed by atoms with Crippen molar-refractivity contribution in [3.63, 3.8) is 0 Å². The molecule has 7 heteroatoms. The molecule has 1 amide bonds. The van der Waals surface area contributed by atoms with E-state index >= 15 is 0 Å². The molecule has 2 saturated heterocycles. The fourth-order valence-corrected chi connectivity index (χ4v) is 4.05. The average molecular weight is 345 g/mol. The van der Waals surface area contributed by atoms with Gasteiger partial charge in [-0.3, -0.25) is 4.79 Å². The molecule has 1 atom stereocenters. The van der Waals surface area contributed by atoms with Crippen LogP contribution in [-0.4, -0.2) is 54.6 Å². The van der Waals surface area contributed by atoms with Gasteiger partial charge in [0.05, 0.1) is 0 Å². The van der Waals surface area contributed by atoms with Crippen molar-refractivity contribution in [1.82, 2.24) is 15.2 Å². The lowest BCUT2D eigenvalue weighted by atomic mass is 10.2. The molecule has 0 spiro atoms. The highest BCUT2D eigenvalue weighted by atomic mass is 79.9. The van der Waals surface area contributed by atoms with Gasteiger partial charge in [-0.15, -0.1) is 11.3 Å². The zero-order chi connectivity index (χ0) is 13.2. The number of carbonyl (C=O) groups excluding carboxylic acids is 1. The number of anilines is 1. The van der Waals surface area contributed by atoms with Crippen LogP contribution in [0.2, 0.25) is 0 Å². The van der Waals surface area contributed by atoms with E-state index in [1.165, 1.54) is 0 Å². The third-order valence-corrected chi connectivity index (χ3v) is 5.26. The third kappa shape index (κ3) is 2.78. The molecule has 2 fully saturated rings. The molecule has 0 bridgehead atoms. The lowest BCUT2D eigenvalue weighted by Gasteiger charge is -2.32. The highest BCUT2D eigenvalue weighted by Gasteiger charge is 2.35. The van der Waals surface area contributed by atoms with Gasteiger partial charge in [-0.1, -0.05) is 0 Å². The van der Waals surface area contributed by atoms with Gasteiger partial charge in [0.1, 0.15) is 10.6 Å². The summed E-state index contributed by atoms with van der Waals surface area (Å²) < 4.78 is 0.854. The van der Waals surface area contributed by atoms with Crippen LogP contribution < -0.4 is 10.2 Å². The summed E-state index contributed by atoms with van der Waals surface area (Å²) in [4.78, 5) is 21.2. The summed E-state index contributed by atoms with van der Waals surface area (Å²) >= 11 is 4.98. The summed E-state index contributed by atoms with van der Waals surface area (Å²) in [6.45, 7) is 4.39. The molecular formula is C12H17BrN4OS. The maximum Gasteiger partial charge on any atom is 0.245 e. The number of nitrogens with one attached hydrogen (secondary N) is 1. The Morgan fingerprint density at radius 3 is 2.89 bits per heavy atom. The van der Waals surface area contributed by atoms with E-state index in [9.17, 15) is 4.79 Å². The first kappa shape index (κ1) is 13.3. The van der Waals surface area contributed by atoms with Gasteiger partial charge in [-0.05, 0) is 28.8 Å². The van der Waals surface area contributed by atoms with Crippen LogP contribution in [0, 0.1) is 0 Å². The summed E-state index contributed by atoms with van der Waals surface area (Å²) in [5, 5.41) is 6.21. The Morgan fingerprint density at radius 1 is 1.42 bits per heavy atom. The van der Waals surface area contributed by atoms with Crippen LogP contribution in [0.1, 0.15) is 12.8 Å². The zero-order valence-electron chi connectivity index (χ0n) is 10.6. The van der Waals surface area contributed by atoms with Gasteiger partial charge in [0.25, 0.3) is 0 Å². The molecule has 3 rings (SSSR count). The van der Waals surface area contributed by atoms with Gasteiger partial charge in [-0.2, -0.15) is 0 Å². The second kappa shape index (κ2) is 5.76. The Hall–Kier alpha value is -0.660. The van der Waals surface area contributed by atoms with Crippen molar-refractivity contribution in [2.45, 2.75) is 18.9 Å². The second-order valence-electron chi connectivity index (χ2n) is 4.88. The maximum atomic E-state index is 12.6. The van der Waals surface area contributed by atoms with Gasteiger partial charge >= 0.3 is 0 Å². The predicted molar refractivity (Wildman–Crippen MR) is 79.6 cm³/mol. The molecule has 104 valence electrons. The number of piperazine rings is 1. The Morgan fingerprint density at radius 2 is 2.21 bits per heavy atom. The summed E-state index contributed by atoms with van der Waals surface area (Å²) in [5.74, 6) is 0.269. The van der Waals surface area contributed by atoms with Crippen molar-refractivity contribution in [1.29, 1.82) is 0 Å². The van der Waals surface area contributed by atoms with Gasteiger partial charge in [0.15, 0.2) is 5.13 Å². The van der Waals surface area contributed by atoms with Crippen molar-refractivity contribution < 1.29 is 4.79 Å². The first-order valence-corrected chi connectivity index (χ1v) is 8.30. The monoisotopic (exact) mass is 344 g/mol. The Kier molecular flexibility index (Phi) is 4.04. The van der Waals surface area contributed by atoms with E-state index in [4.69, 9.17) is 0 Å². The third-order valence-electron chi connectivity index (χ3n) is 3.68. The predicted octanol–water partition coefficient (Wildman–Crippen LogP) is 1.31. The Bertz CT molecular complexity index is 460.